The Kier molecular flexibility index (Phi) is 4.60. The third kappa shape index (κ3) is 2.84. The number of likely N-dealkylation sites (N-methyl/N-ethyl adjacent to an activating group) is 1. The van der Waals surface area contributed by atoms with Crippen molar-refractivity contribution in [3.8, 4) is 0 Å². The third-order valence-corrected chi connectivity index (χ3v) is 3.94. The highest BCUT2D eigenvalue weighted by Crippen LogP contribution is 2.33. The Morgan fingerprint density at radius 1 is 1.17 bits per heavy atom. The Morgan fingerprint density at radius 3 is 2.44 bits per heavy atom. The van der Waals surface area contributed by atoms with E-state index in [-0.39, 0.29) is 0 Å². The van der Waals surface area contributed by atoms with Gasteiger partial charge >= 0.3 is 0 Å². The molecular formula is C17H25N. The normalized spacial score (nSPS) is 17.4. The Labute approximate surface area is 111 Å². The lowest BCUT2D eigenvalue weighted by atomic mass is 9.86. The predicted octanol–water partition coefficient (Wildman–Crippen LogP) is 4.45. The zero-order chi connectivity index (χ0) is 13.0. The van der Waals surface area contributed by atoms with E-state index in [4.69, 9.17) is 0 Å². The van der Waals surface area contributed by atoms with Gasteiger partial charge in [0, 0.05) is 0 Å². The number of allylic oxidation sites excluding steroid dienone is 1. The van der Waals surface area contributed by atoms with E-state index in [1.807, 2.05) is 0 Å². The van der Waals surface area contributed by atoms with Crippen molar-refractivity contribution in [1.29, 1.82) is 0 Å². The Bertz CT molecular complexity index is 411. The highest BCUT2D eigenvalue weighted by molar-refractivity contribution is 5.40. The predicted molar refractivity (Wildman–Crippen MR) is 78.9 cm³/mol. The van der Waals surface area contributed by atoms with Gasteiger partial charge in [-0.05, 0) is 62.8 Å². The van der Waals surface area contributed by atoms with Crippen LogP contribution in [-0.2, 0) is 0 Å². The second-order valence-corrected chi connectivity index (χ2v) is 5.32. The fourth-order valence-corrected chi connectivity index (χ4v) is 3.03. The fourth-order valence-electron chi connectivity index (χ4n) is 3.03. The van der Waals surface area contributed by atoms with Crippen LogP contribution in [0.2, 0.25) is 0 Å². The molecule has 1 unspecified atom stereocenters. The summed E-state index contributed by atoms with van der Waals surface area (Å²) in [5, 5.41) is 3.68. The molecule has 0 aromatic heterocycles. The fraction of sp³-hybridized carbons (Fsp3) is 0.529. The van der Waals surface area contributed by atoms with Crippen LogP contribution in [0.4, 0.5) is 0 Å². The maximum Gasteiger partial charge on any atom is 0.0541 e. The van der Waals surface area contributed by atoms with Gasteiger partial charge in [-0.3, -0.25) is 0 Å². The number of aryl methyl sites for hydroxylation is 2. The highest BCUT2D eigenvalue weighted by Gasteiger charge is 2.20. The van der Waals surface area contributed by atoms with E-state index >= 15 is 0 Å². The second kappa shape index (κ2) is 6.19. The summed E-state index contributed by atoms with van der Waals surface area (Å²) in [6.45, 7) is 7.69. The first kappa shape index (κ1) is 13.4. The van der Waals surface area contributed by atoms with E-state index in [9.17, 15) is 0 Å². The SMILES string of the molecule is CCNC(C1=CCCCC1)c1c(C)cccc1C. The number of hydrogen-bond donors (Lipinski definition) is 1. The van der Waals surface area contributed by atoms with Crippen molar-refractivity contribution < 1.29 is 0 Å². The molecule has 0 spiro atoms. The first-order valence-electron chi connectivity index (χ1n) is 7.22. The summed E-state index contributed by atoms with van der Waals surface area (Å²) in [5.41, 5.74) is 5.91. The minimum Gasteiger partial charge on any atom is -0.307 e. The van der Waals surface area contributed by atoms with E-state index in [2.05, 4.69) is 50.4 Å². The molecule has 2 rings (SSSR count). The lowest BCUT2D eigenvalue weighted by molar-refractivity contribution is 0.560. The molecule has 1 atom stereocenters. The van der Waals surface area contributed by atoms with Crippen molar-refractivity contribution in [2.24, 2.45) is 0 Å². The Hall–Kier alpha value is -1.08. The first-order chi connectivity index (χ1) is 8.74. The monoisotopic (exact) mass is 243 g/mol. The van der Waals surface area contributed by atoms with Crippen molar-refractivity contribution in [3.63, 3.8) is 0 Å². The molecule has 1 N–H and O–H groups in total. The molecule has 0 fully saturated rings. The summed E-state index contributed by atoms with van der Waals surface area (Å²) >= 11 is 0. The topological polar surface area (TPSA) is 12.0 Å². The van der Waals surface area contributed by atoms with E-state index in [1.165, 1.54) is 42.4 Å². The Balaban J connectivity index is 2.37. The van der Waals surface area contributed by atoms with E-state index in [0.717, 1.165) is 6.54 Å². The molecule has 0 saturated heterocycles. The zero-order valence-electron chi connectivity index (χ0n) is 11.9. The van der Waals surface area contributed by atoms with Crippen molar-refractivity contribution >= 4 is 0 Å². The second-order valence-electron chi connectivity index (χ2n) is 5.32. The molecule has 1 aromatic rings. The minimum atomic E-state index is 0.427. The molecule has 1 aliphatic carbocycles. The summed E-state index contributed by atoms with van der Waals surface area (Å²) in [7, 11) is 0. The van der Waals surface area contributed by atoms with E-state index < -0.39 is 0 Å². The number of benzene rings is 1. The van der Waals surface area contributed by atoms with Gasteiger partial charge in [-0.25, -0.2) is 0 Å². The summed E-state index contributed by atoms with van der Waals surface area (Å²) in [6, 6.07) is 7.05. The standard InChI is InChI=1S/C17H25N/c1-4-18-17(15-11-6-5-7-12-15)16-13(2)9-8-10-14(16)3/h8-11,17-18H,4-7,12H2,1-3H3. The van der Waals surface area contributed by atoms with Crippen LogP contribution in [0.1, 0.15) is 55.3 Å². The maximum atomic E-state index is 3.68. The summed E-state index contributed by atoms with van der Waals surface area (Å²) < 4.78 is 0. The third-order valence-electron chi connectivity index (χ3n) is 3.94. The number of rotatable bonds is 4. The van der Waals surface area contributed by atoms with Crippen LogP contribution in [0, 0.1) is 13.8 Å². The van der Waals surface area contributed by atoms with Crippen LogP contribution in [0.25, 0.3) is 0 Å². The summed E-state index contributed by atoms with van der Waals surface area (Å²) in [6.07, 6.45) is 7.67. The van der Waals surface area contributed by atoms with Crippen molar-refractivity contribution in [1.82, 2.24) is 5.32 Å². The molecule has 1 heteroatoms. The van der Waals surface area contributed by atoms with Gasteiger partial charge in [0.05, 0.1) is 6.04 Å². The highest BCUT2D eigenvalue weighted by atomic mass is 14.9. The minimum absolute atomic E-state index is 0.427. The summed E-state index contributed by atoms with van der Waals surface area (Å²) in [5.74, 6) is 0. The van der Waals surface area contributed by atoms with Gasteiger partial charge in [-0.15, -0.1) is 0 Å². The van der Waals surface area contributed by atoms with E-state index in [0.29, 0.717) is 6.04 Å². The molecule has 0 aliphatic heterocycles. The molecule has 0 bridgehead atoms. The van der Waals surface area contributed by atoms with Gasteiger partial charge in [-0.1, -0.05) is 36.8 Å². The van der Waals surface area contributed by atoms with Crippen molar-refractivity contribution in [2.75, 3.05) is 6.54 Å². The summed E-state index contributed by atoms with van der Waals surface area (Å²) in [4.78, 5) is 0. The van der Waals surface area contributed by atoms with Crippen molar-refractivity contribution in [2.45, 2.75) is 52.5 Å². The van der Waals surface area contributed by atoms with Crippen LogP contribution in [-0.4, -0.2) is 6.54 Å². The smallest absolute Gasteiger partial charge is 0.0541 e. The largest absolute Gasteiger partial charge is 0.307 e. The zero-order valence-corrected chi connectivity index (χ0v) is 11.9. The van der Waals surface area contributed by atoms with Crippen LogP contribution in [0.3, 0.4) is 0 Å². The van der Waals surface area contributed by atoms with Gasteiger partial charge < -0.3 is 5.32 Å². The lowest BCUT2D eigenvalue weighted by Gasteiger charge is -2.27. The van der Waals surface area contributed by atoms with Gasteiger partial charge in [0.15, 0.2) is 0 Å². The molecule has 98 valence electrons. The lowest BCUT2D eigenvalue weighted by Crippen LogP contribution is -2.25. The van der Waals surface area contributed by atoms with Crippen LogP contribution >= 0.6 is 0 Å². The van der Waals surface area contributed by atoms with Gasteiger partial charge in [0.25, 0.3) is 0 Å². The van der Waals surface area contributed by atoms with Crippen LogP contribution < -0.4 is 5.32 Å². The average molecular weight is 243 g/mol. The molecule has 1 nitrogen and oxygen atoms in total. The number of hydrogen-bond acceptors (Lipinski definition) is 1. The molecular weight excluding hydrogens is 218 g/mol. The molecule has 1 aromatic carbocycles. The molecule has 1 aliphatic rings. The van der Waals surface area contributed by atoms with Gasteiger partial charge in [0.2, 0.25) is 0 Å². The quantitative estimate of drug-likeness (QED) is 0.770. The Morgan fingerprint density at radius 2 is 1.89 bits per heavy atom. The van der Waals surface area contributed by atoms with Crippen LogP contribution in [0.5, 0.6) is 0 Å². The van der Waals surface area contributed by atoms with Crippen LogP contribution in [0.15, 0.2) is 29.8 Å². The van der Waals surface area contributed by atoms with Gasteiger partial charge in [0.1, 0.15) is 0 Å². The molecule has 0 radical (unpaired) electrons. The maximum absolute atomic E-state index is 3.68. The first-order valence-corrected chi connectivity index (χ1v) is 7.22. The molecule has 0 amide bonds. The van der Waals surface area contributed by atoms with Gasteiger partial charge in [-0.2, -0.15) is 0 Å². The molecule has 18 heavy (non-hydrogen) atoms. The number of nitrogens with one attached hydrogen (secondary N) is 1. The molecule has 0 heterocycles. The van der Waals surface area contributed by atoms with E-state index in [1.54, 1.807) is 5.57 Å². The molecule has 0 saturated carbocycles. The average Bonchev–Trinajstić information content (AvgIpc) is 2.38. The van der Waals surface area contributed by atoms with Crippen molar-refractivity contribution in [3.05, 3.63) is 46.5 Å².